The Morgan fingerprint density at radius 3 is 2.16 bits per heavy atom. The van der Waals surface area contributed by atoms with Gasteiger partial charge in [0.15, 0.2) is 0 Å². The van der Waals surface area contributed by atoms with Crippen molar-refractivity contribution in [3.8, 4) is 11.5 Å². The number of benzene rings is 2. The van der Waals surface area contributed by atoms with Crippen molar-refractivity contribution in [3.05, 3.63) is 52.5 Å². The Morgan fingerprint density at radius 2 is 1.55 bits per heavy atom. The van der Waals surface area contributed by atoms with Crippen molar-refractivity contribution in [1.29, 1.82) is 0 Å². The fourth-order valence-electron chi connectivity index (χ4n) is 3.87. The molecule has 31 heavy (non-hydrogen) atoms. The predicted octanol–water partition coefficient (Wildman–Crippen LogP) is 3.83. The Bertz CT molecular complexity index is 1210. The summed E-state index contributed by atoms with van der Waals surface area (Å²) in [6.45, 7) is 3.92. The quantitative estimate of drug-likeness (QED) is 0.524. The number of hydrogen-bond acceptors (Lipinski definition) is 6. The van der Waals surface area contributed by atoms with Crippen LogP contribution in [0.2, 0.25) is 0 Å². The molecule has 0 atom stereocenters. The van der Waals surface area contributed by atoms with E-state index in [0.717, 1.165) is 32.5 Å². The van der Waals surface area contributed by atoms with Crippen molar-refractivity contribution in [1.82, 2.24) is 9.29 Å². The molecule has 0 amide bonds. The van der Waals surface area contributed by atoms with Crippen LogP contribution in [-0.4, -0.2) is 58.1 Å². The number of anilines is 1. The third-order valence-electron chi connectivity index (χ3n) is 5.52. The van der Waals surface area contributed by atoms with E-state index in [1.165, 1.54) is 4.31 Å². The van der Waals surface area contributed by atoms with Gasteiger partial charge in [0.25, 0.3) is 0 Å². The molecular formula is C22H24BrN3O4S. The minimum atomic E-state index is -3.52. The van der Waals surface area contributed by atoms with Crippen LogP contribution in [0.15, 0.2) is 51.8 Å². The maximum atomic E-state index is 13.0. The highest BCUT2D eigenvalue weighted by Gasteiger charge is 2.29. The van der Waals surface area contributed by atoms with E-state index >= 15 is 0 Å². The van der Waals surface area contributed by atoms with Gasteiger partial charge < -0.3 is 14.4 Å². The molecule has 0 radical (unpaired) electrons. The molecule has 0 unspecified atom stereocenters. The molecular weight excluding hydrogens is 482 g/mol. The Labute approximate surface area is 190 Å². The fraction of sp³-hybridized carbons (Fsp3) is 0.318. The van der Waals surface area contributed by atoms with E-state index in [4.69, 9.17) is 14.5 Å². The number of methoxy groups -OCH3 is 2. The first-order valence-electron chi connectivity index (χ1n) is 9.88. The lowest BCUT2D eigenvalue weighted by Gasteiger charge is -2.35. The summed E-state index contributed by atoms with van der Waals surface area (Å²) in [4.78, 5) is 7.26. The van der Waals surface area contributed by atoms with Crippen molar-refractivity contribution >= 4 is 42.7 Å². The van der Waals surface area contributed by atoms with Gasteiger partial charge in [-0.15, -0.1) is 0 Å². The van der Waals surface area contributed by atoms with Crippen molar-refractivity contribution in [2.45, 2.75) is 11.8 Å². The average Bonchev–Trinajstić information content (AvgIpc) is 2.78. The van der Waals surface area contributed by atoms with Gasteiger partial charge in [-0.2, -0.15) is 4.31 Å². The van der Waals surface area contributed by atoms with Gasteiger partial charge in [-0.05, 0) is 55.0 Å². The maximum absolute atomic E-state index is 13.0. The molecule has 1 aliphatic heterocycles. The lowest BCUT2D eigenvalue weighted by Crippen LogP contribution is -2.48. The van der Waals surface area contributed by atoms with Crippen molar-refractivity contribution in [3.63, 3.8) is 0 Å². The molecule has 3 aromatic rings. The van der Waals surface area contributed by atoms with E-state index in [9.17, 15) is 8.42 Å². The molecule has 0 spiro atoms. The van der Waals surface area contributed by atoms with Crippen LogP contribution in [0.3, 0.4) is 0 Å². The van der Waals surface area contributed by atoms with Crippen LogP contribution in [-0.2, 0) is 10.0 Å². The second-order valence-corrected chi connectivity index (χ2v) is 10.2. The first kappa shape index (κ1) is 21.9. The maximum Gasteiger partial charge on any atom is 0.243 e. The SMILES string of the molecule is COc1ccc(OC)c2c(C)cc(N3CCN(S(=O)(=O)c4ccc(Br)cc4)CC3)nc12. The molecule has 1 aromatic heterocycles. The van der Waals surface area contributed by atoms with Gasteiger partial charge in [-0.3, -0.25) is 0 Å². The fourth-order valence-corrected chi connectivity index (χ4v) is 5.55. The second-order valence-electron chi connectivity index (χ2n) is 7.34. The lowest BCUT2D eigenvalue weighted by molar-refractivity contribution is 0.383. The zero-order chi connectivity index (χ0) is 22.2. The van der Waals surface area contributed by atoms with Gasteiger partial charge >= 0.3 is 0 Å². The summed E-state index contributed by atoms with van der Waals surface area (Å²) in [5, 5.41) is 0.919. The number of hydrogen-bond donors (Lipinski definition) is 0. The number of fused-ring (bicyclic) bond motifs is 1. The highest BCUT2D eigenvalue weighted by Crippen LogP contribution is 2.36. The molecule has 0 saturated carbocycles. The number of pyridine rings is 1. The molecule has 0 aliphatic carbocycles. The number of nitrogens with zero attached hydrogens (tertiary/aromatic N) is 3. The van der Waals surface area contributed by atoms with Crippen LogP contribution in [0.1, 0.15) is 5.56 Å². The number of rotatable bonds is 5. The van der Waals surface area contributed by atoms with Gasteiger partial charge in [-0.1, -0.05) is 15.9 Å². The molecule has 1 aliphatic rings. The Balaban J connectivity index is 1.59. The summed E-state index contributed by atoms with van der Waals surface area (Å²) >= 11 is 3.35. The lowest BCUT2D eigenvalue weighted by atomic mass is 10.1. The highest BCUT2D eigenvalue weighted by atomic mass is 79.9. The Kier molecular flexibility index (Phi) is 6.09. The molecule has 1 fully saturated rings. The van der Waals surface area contributed by atoms with Crippen molar-refractivity contribution in [2.24, 2.45) is 0 Å². The summed E-state index contributed by atoms with van der Waals surface area (Å²) in [6.07, 6.45) is 0. The van der Waals surface area contributed by atoms with Gasteiger partial charge in [0.1, 0.15) is 22.8 Å². The van der Waals surface area contributed by atoms with Gasteiger partial charge in [-0.25, -0.2) is 13.4 Å². The smallest absolute Gasteiger partial charge is 0.243 e. The molecule has 4 rings (SSSR count). The third-order valence-corrected chi connectivity index (χ3v) is 7.96. The number of aromatic nitrogens is 1. The zero-order valence-electron chi connectivity index (χ0n) is 17.6. The zero-order valence-corrected chi connectivity index (χ0v) is 20.0. The normalized spacial score (nSPS) is 15.3. The van der Waals surface area contributed by atoms with Crippen LogP contribution < -0.4 is 14.4 Å². The first-order valence-corrected chi connectivity index (χ1v) is 12.1. The van der Waals surface area contributed by atoms with Crippen LogP contribution in [0.25, 0.3) is 10.9 Å². The molecule has 7 nitrogen and oxygen atoms in total. The molecule has 0 N–H and O–H groups in total. The highest BCUT2D eigenvalue weighted by molar-refractivity contribution is 9.10. The number of ether oxygens (including phenoxy) is 2. The first-order chi connectivity index (χ1) is 14.8. The standard InChI is InChI=1S/C22H24BrN3O4S/c1-15-14-20(24-22-19(30-3)9-8-18(29-2)21(15)22)25-10-12-26(13-11-25)31(27,28)17-6-4-16(23)5-7-17/h4-9,14H,10-13H2,1-3H3. The van der Waals surface area contributed by atoms with E-state index in [1.54, 1.807) is 38.5 Å². The van der Waals surface area contributed by atoms with Gasteiger partial charge in [0.05, 0.1) is 19.1 Å². The minimum Gasteiger partial charge on any atom is -0.496 e. The van der Waals surface area contributed by atoms with Crippen LogP contribution in [0, 0.1) is 6.92 Å². The molecule has 2 heterocycles. The van der Waals surface area contributed by atoms with Crippen LogP contribution in [0.4, 0.5) is 5.82 Å². The van der Waals surface area contributed by atoms with Crippen LogP contribution >= 0.6 is 15.9 Å². The van der Waals surface area contributed by atoms with Crippen LogP contribution in [0.5, 0.6) is 11.5 Å². The van der Waals surface area contributed by atoms with Crippen molar-refractivity contribution in [2.75, 3.05) is 45.3 Å². The van der Waals surface area contributed by atoms with Gasteiger partial charge in [0, 0.05) is 36.0 Å². The van der Waals surface area contributed by atoms with Crippen molar-refractivity contribution < 1.29 is 17.9 Å². The molecule has 1 saturated heterocycles. The number of sulfonamides is 1. The predicted molar refractivity (Wildman–Crippen MR) is 125 cm³/mol. The monoisotopic (exact) mass is 505 g/mol. The summed E-state index contributed by atoms with van der Waals surface area (Å²) in [7, 11) is -0.258. The van der Waals surface area contributed by atoms with Gasteiger partial charge in [0.2, 0.25) is 10.0 Å². The summed E-state index contributed by atoms with van der Waals surface area (Å²) in [5.41, 5.74) is 1.77. The molecule has 164 valence electrons. The number of halogens is 1. The molecule has 2 aromatic carbocycles. The average molecular weight is 506 g/mol. The second kappa shape index (κ2) is 8.64. The van der Waals surface area contributed by atoms with E-state index in [2.05, 4.69) is 20.8 Å². The summed E-state index contributed by atoms with van der Waals surface area (Å²) in [6, 6.07) is 12.5. The molecule has 9 heteroatoms. The van der Waals surface area contributed by atoms with E-state index < -0.39 is 10.0 Å². The summed E-state index contributed by atoms with van der Waals surface area (Å²) < 4.78 is 39.3. The third kappa shape index (κ3) is 4.09. The molecule has 0 bridgehead atoms. The topological polar surface area (TPSA) is 72.0 Å². The summed E-state index contributed by atoms with van der Waals surface area (Å²) in [5.74, 6) is 2.23. The largest absolute Gasteiger partial charge is 0.496 e. The minimum absolute atomic E-state index is 0.306. The van der Waals surface area contributed by atoms with E-state index in [0.29, 0.717) is 36.8 Å². The Hall–Kier alpha value is -2.36. The number of aryl methyl sites for hydroxylation is 1. The number of piperazine rings is 1. The van der Waals surface area contributed by atoms with E-state index in [1.807, 2.05) is 25.1 Å². The van der Waals surface area contributed by atoms with E-state index in [-0.39, 0.29) is 0 Å². The Morgan fingerprint density at radius 1 is 0.935 bits per heavy atom.